The number of hydrogen-bond acceptors (Lipinski definition) is 2. The van der Waals surface area contributed by atoms with Crippen molar-refractivity contribution in [2.45, 2.75) is 45.2 Å². The Hall–Kier alpha value is -0.0800. The highest BCUT2D eigenvalue weighted by Gasteiger charge is 2.35. The van der Waals surface area contributed by atoms with Gasteiger partial charge in [0.1, 0.15) is 0 Å². The van der Waals surface area contributed by atoms with Gasteiger partial charge < -0.3 is 5.32 Å². The molecule has 0 aromatic heterocycles. The molecular formula is C11H22N2. The Balaban J connectivity index is 1.91. The van der Waals surface area contributed by atoms with E-state index in [1.165, 1.54) is 38.9 Å². The van der Waals surface area contributed by atoms with Crippen LogP contribution in [0.1, 0.15) is 33.1 Å². The number of fused-ring (bicyclic) bond motifs is 1. The summed E-state index contributed by atoms with van der Waals surface area (Å²) < 4.78 is 0. The summed E-state index contributed by atoms with van der Waals surface area (Å²) in [5.41, 5.74) is 0. The SMILES string of the molecule is CCC(C)N1C[C@@H]2CCCN[C@@H]2C1. The van der Waals surface area contributed by atoms with Crippen molar-refractivity contribution < 1.29 is 0 Å². The minimum atomic E-state index is 0.785. The van der Waals surface area contributed by atoms with Gasteiger partial charge in [-0.3, -0.25) is 4.90 Å². The first kappa shape index (κ1) is 9.47. The second-order valence-electron chi connectivity index (χ2n) is 4.67. The largest absolute Gasteiger partial charge is 0.312 e. The molecule has 2 heterocycles. The third kappa shape index (κ3) is 1.89. The van der Waals surface area contributed by atoms with Crippen LogP contribution in [0.5, 0.6) is 0 Å². The van der Waals surface area contributed by atoms with Crippen LogP contribution in [0.2, 0.25) is 0 Å². The van der Waals surface area contributed by atoms with Crippen molar-refractivity contribution in [2.75, 3.05) is 19.6 Å². The Labute approximate surface area is 81.7 Å². The molecule has 2 nitrogen and oxygen atoms in total. The summed E-state index contributed by atoms with van der Waals surface area (Å²) in [7, 11) is 0. The van der Waals surface area contributed by atoms with Crippen LogP contribution >= 0.6 is 0 Å². The molecule has 0 spiro atoms. The van der Waals surface area contributed by atoms with Crippen molar-refractivity contribution in [1.82, 2.24) is 10.2 Å². The van der Waals surface area contributed by atoms with Crippen molar-refractivity contribution in [2.24, 2.45) is 5.92 Å². The molecule has 2 aliphatic rings. The highest BCUT2D eigenvalue weighted by molar-refractivity contribution is 4.93. The Morgan fingerprint density at radius 3 is 3.00 bits per heavy atom. The highest BCUT2D eigenvalue weighted by Crippen LogP contribution is 2.26. The van der Waals surface area contributed by atoms with E-state index in [0.29, 0.717) is 0 Å². The normalized spacial score (nSPS) is 37.4. The lowest BCUT2D eigenvalue weighted by atomic mass is 9.94. The fraction of sp³-hybridized carbons (Fsp3) is 1.00. The van der Waals surface area contributed by atoms with E-state index in [0.717, 1.165) is 18.0 Å². The number of rotatable bonds is 2. The highest BCUT2D eigenvalue weighted by atomic mass is 15.2. The summed E-state index contributed by atoms with van der Waals surface area (Å²) in [6.07, 6.45) is 4.12. The van der Waals surface area contributed by atoms with Gasteiger partial charge >= 0.3 is 0 Å². The average molecular weight is 182 g/mol. The van der Waals surface area contributed by atoms with Crippen LogP contribution in [0.4, 0.5) is 0 Å². The van der Waals surface area contributed by atoms with E-state index in [2.05, 4.69) is 24.1 Å². The number of hydrogen-bond donors (Lipinski definition) is 1. The van der Waals surface area contributed by atoms with Crippen LogP contribution in [0.25, 0.3) is 0 Å². The first-order chi connectivity index (χ1) is 6.31. The van der Waals surface area contributed by atoms with Gasteiger partial charge in [0.25, 0.3) is 0 Å². The summed E-state index contributed by atoms with van der Waals surface area (Å²) in [6.45, 7) is 8.53. The predicted molar refractivity (Wildman–Crippen MR) is 55.8 cm³/mol. The topological polar surface area (TPSA) is 15.3 Å². The summed E-state index contributed by atoms with van der Waals surface area (Å²) in [4.78, 5) is 2.66. The lowest BCUT2D eigenvalue weighted by molar-refractivity contribution is 0.242. The molecule has 1 unspecified atom stereocenters. The van der Waals surface area contributed by atoms with Gasteiger partial charge in [0.05, 0.1) is 0 Å². The molecule has 13 heavy (non-hydrogen) atoms. The molecular weight excluding hydrogens is 160 g/mol. The van der Waals surface area contributed by atoms with Crippen molar-refractivity contribution in [3.05, 3.63) is 0 Å². The van der Waals surface area contributed by atoms with Gasteiger partial charge in [-0.2, -0.15) is 0 Å². The molecule has 0 bridgehead atoms. The minimum Gasteiger partial charge on any atom is -0.312 e. The summed E-state index contributed by atoms with van der Waals surface area (Å²) in [5.74, 6) is 0.947. The number of likely N-dealkylation sites (tertiary alicyclic amines) is 1. The third-order valence-electron chi connectivity index (χ3n) is 3.84. The number of nitrogens with one attached hydrogen (secondary N) is 1. The van der Waals surface area contributed by atoms with E-state index in [1.54, 1.807) is 0 Å². The van der Waals surface area contributed by atoms with E-state index in [-0.39, 0.29) is 0 Å². The first-order valence-corrected chi connectivity index (χ1v) is 5.78. The van der Waals surface area contributed by atoms with Crippen LogP contribution in [-0.4, -0.2) is 36.6 Å². The van der Waals surface area contributed by atoms with E-state index in [1.807, 2.05) is 0 Å². The molecule has 2 heteroatoms. The van der Waals surface area contributed by atoms with E-state index >= 15 is 0 Å². The van der Waals surface area contributed by atoms with E-state index in [4.69, 9.17) is 0 Å². The molecule has 2 rings (SSSR count). The lowest BCUT2D eigenvalue weighted by Gasteiger charge is -2.24. The maximum absolute atomic E-state index is 3.65. The second kappa shape index (κ2) is 3.97. The molecule has 3 atom stereocenters. The monoisotopic (exact) mass is 182 g/mol. The minimum absolute atomic E-state index is 0.785. The molecule has 2 aliphatic heterocycles. The van der Waals surface area contributed by atoms with Gasteiger partial charge in [-0.15, -0.1) is 0 Å². The van der Waals surface area contributed by atoms with Gasteiger partial charge in [-0.25, -0.2) is 0 Å². The van der Waals surface area contributed by atoms with Gasteiger partial charge in [0, 0.05) is 25.2 Å². The molecule has 0 aliphatic carbocycles. The van der Waals surface area contributed by atoms with Crippen LogP contribution < -0.4 is 5.32 Å². The van der Waals surface area contributed by atoms with E-state index < -0.39 is 0 Å². The Bertz CT molecular complexity index is 155. The van der Waals surface area contributed by atoms with E-state index in [9.17, 15) is 0 Å². The molecule has 0 saturated carbocycles. The van der Waals surface area contributed by atoms with Gasteiger partial charge in [0.2, 0.25) is 0 Å². The molecule has 2 saturated heterocycles. The molecule has 0 aromatic carbocycles. The van der Waals surface area contributed by atoms with Crippen molar-refractivity contribution >= 4 is 0 Å². The standard InChI is InChI=1S/C11H22N2/c1-3-9(2)13-7-10-5-4-6-12-11(10)8-13/h9-12H,3-8H2,1-2H3/t9?,10-,11+/m0/s1. The van der Waals surface area contributed by atoms with Crippen LogP contribution in [0.3, 0.4) is 0 Å². The zero-order valence-electron chi connectivity index (χ0n) is 8.92. The Kier molecular flexibility index (Phi) is 2.89. The second-order valence-corrected chi connectivity index (χ2v) is 4.67. The van der Waals surface area contributed by atoms with Crippen LogP contribution in [0, 0.1) is 5.92 Å². The van der Waals surface area contributed by atoms with Crippen molar-refractivity contribution in [1.29, 1.82) is 0 Å². The lowest BCUT2D eigenvalue weighted by Crippen LogP contribution is -2.41. The summed E-state index contributed by atoms with van der Waals surface area (Å²) >= 11 is 0. The molecule has 76 valence electrons. The third-order valence-corrected chi connectivity index (χ3v) is 3.84. The Morgan fingerprint density at radius 2 is 2.31 bits per heavy atom. The number of piperidine rings is 1. The fourth-order valence-electron chi connectivity index (χ4n) is 2.70. The summed E-state index contributed by atoms with van der Waals surface area (Å²) in [5, 5.41) is 3.65. The first-order valence-electron chi connectivity index (χ1n) is 5.78. The van der Waals surface area contributed by atoms with Gasteiger partial charge in [-0.1, -0.05) is 6.92 Å². The predicted octanol–water partition coefficient (Wildman–Crippen LogP) is 1.47. The summed E-state index contributed by atoms with van der Waals surface area (Å²) in [6, 6.07) is 1.59. The molecule has 2 fully saturated rings. The quantitative estimate of drug-likeness (QED) is 0.695. The zero-order valence-corrected chi connectivity index (χ0v) is 8.92. The van der Waals surface area contributed by atoms with Crippen molar-refractivity contribution in [3.8, 4) is 0 Å². The average Bonchev–Trinajstić information content (AvgIpc) is 2.59. The van der Waals surface area contributed by atoms with Crippen molar-refractivity contribution in [3.63, 3.8) is 0 Å². The molecule has 0 aromatic rings. The Morgan fingerprint density at radius 1 is 1.46 bits per heavy atom. The van der Waals surface area contributed by atoms with Crippen LogP contribution in [-0.2, 0) is 0 Å². The maximum Gasteiger partial charge on any atom is 0.0235 e. The molecule has 1 N–H and O–H groups in total. The van der Waals surface area contributed by atoms with Gasteiger partial charge in [0.15, 0.2) is 0 Å². The zero-order chi connectivity index (χ0) is 9.26. The van der Waals surface area contributed by atoms with Gasteiger partial charge in [-0.05, 0) is 38.6 Å². The maximum atomic E-state index is 3.65. The molecule has 0 radical (unpaired) electrons. The number of nitrogens with zero attached hydrogens (tertiary/aromatic N) is 1. The smallest absolute Gasteiger partial charge is 0.0235 e. The molecule has 0 amide bonds. The van der Waals surface area contributed by atoms with Crippen LogP contribution in [0.15, 0.2) is 0 Å². The fourth-order valence-corrected chi connectivity index (χ4v) is 2.70.